The molecule has 202 valence electrons. The molecule has 3 aromatic rings. The van der Waals surface area contributed by atoms with Crippen LogP contribution in [0.15, 0.2) is 36.4 Å². The van der Waals surface area contributed by atoms with E-state index in [2.05, 4.69) is 15.7 Å². The van der Waals surface area contributed by atoms with Crippen LogP contribution in [0.5, 0.6) is 17.2 Å². The summed E-state index contributed by atoms with van der Waals surface area (Å²) in [5, 5.41) is 20.0. The molecule has 0 radical (unpaired) electrons. The largest absolute Gasteiger partial charge is 0.496 e. The van der Waals surface area contributed by atoms with Crippen molar-refractivity contribution in [1.29, 1.82) is 0 Å². The Morgan fingerprint density at radius 2 is 1.87 bits per heavy atom. The van der Waals surface area contributed by atoms with E-state index < -0.39 is 41.2 Å². The second-order valence-electron chi connectivity index (χ2n) is 8.19. The van der Waals surface area contributed by atoms with E-state index in [0.717, 1.165) is 12.1 Å². The minimum atomic E-state index is -4.72. The van der Waals surface area contributed by atoms with Crippen LogP contribution < -0.4 is 24.8 Å². The average molecular weight is 556 g/mol. The number of rotatable bonds is 7. The Morgan fingerprint density at radius 1 is 1.16 bits per heavy atom. The number of non-ortho nitro benzene ring substituents is 1. The highest BCUT2D eigenvalue weighted by Gasteiger charge is 2.48. The van der Waals surface area contributed by atoms with Gasteiger partial charge in [0.05, 0.1) is 44.0 Å². The van der Waals surface area contributed by atoms with Crippen molar-refractivity contribution in [2.45, 2.75) is 24.7 Å². The summed E-state index contributed by atoms with van der Waals surface area (Å²) in [5.74, 6) is -0.361. The number of nitro groups is 1. The van der Waals surface area contributed by atoms with Gasteiger partial charge in [-0.1, -0.05) is 17.7 Å². The molecular weight excluding hydrogens is 535 g/mol. The summed E-state index contributed by atoms with van der Waals surface area (Å²) in [6.07, 6.45) is -5.17. The molecule has 2 aromatic carbocycles. The number of hydrogen-bond donors (Lipinski definition) is 2. The lowest BCUT2D eigenvalue weighted by Crippen LogP contribution is -2.35. The fourth-order valence-corrected chi connectivity index (χ4v) is 4.36. The number of halogens is 4. The van der Waals surface area contributed by atoms with Gasteiger partial charge in [-0.25, -0.2) is 4.68 Å². The molecule has 4 rings (SSSR count). The number of carbonyl (C=O) groups is 1. The van der Waals surface area contributed by atoms with Gasteiger partial charge >= 0.3 is 6.18 Å². The Kier molecular flexibility index (Phi) is 7.26. The van der Waals surface area contributed by atoms with Crippen molar-refractivity contribution >= 4 is 34.7 Å². The Hall–Kier alpha value is -4.20. The normalized spacial score (nSPS) is 16.7. The lowest BCUT2D eigenvalue weighted by molar-refractivity contribution is -0.384. The van der Waals surface area contributed by atoms with Crippen molar-refractivity contribution in [3.05, 3.63) is 62.8 Å². The second kappa shape index (κ2) is 10.3. The number of fused-ring (bicyclic) bond motifs is 1. The van der Waals surface area contributed by atoms with Crippen molar-refractivity contribution in [2.24, 2.45) is 0 Å². The maximum Gasteiger partial charge on any atom is 0.410 e. The number of ether oxygens (including phenoxy) is 3. The summed E-state index contributed by atoms with van der Waals surface area (Å²) in [7, 11) is 4.12. The van der Waals surface area contributed by atoms with Crippen LogP contribution in [0, 0.1) is 10.1 Å². The van der Waals surface area contributed by atoms with Gasteiger partial charge in [-0.3, -0.25) is 14.9 Å². The predicted octanol–water partition coefficient (Wildman–Crippen LogP) is 5.38. The Labute approximate surface area is 218 Å². The van der Waals surface area contributed by atoms with Gasteiger partial charge in [-0.05, 0) is 17.7 Å². The third-order valence-corrected chi connectivity index (χ3v) is 6.27. The van der Waals surface area contributed by atoms with Crippen LogP contribution in [-0.2, 0) is 0 Å². The van der Waals surface area contributed by atoms with Crippen LogP contribution in [0.1, 0.15) is 34.6 Å². The van der Waals surface area contributed by atoms with Crippen LogP contribution in [0.2, 0.25) is 5.02 Å². The smallest absolute Gasteiger partial charge is 0.410 e. The predicted molar refractivity (Wildman–Crippen MR) is 130 cm³/mol. The van der Waals surface area contributed by atoms with Gasteiger partial charge in [0.1, 0.15) is 16.6 Å². The molecule has 0 saturated carbocycles. The molecule has 0 spiro atoms. The molecule has 1 amide bonds. The highest BCUT2D eigenvalue weighted by molar-refractivity contribution is 6.36. The summed E-state index contributed by atoms with van der Waals surface area (Å²) in [6.45, 7) is 0. The molecule has 2 atom stereocenters. The number of hydrogen-bond acceptors (Lipinski definition) is 8. The summed E-state index contributed by atoms with van der Waals surface area (Å²) in [5.41, 5.74) is -0.435. The van der Waals surface area contributed by atoms with Gasteiger partial charge in [0.15, 0.2) is 23.2 Å². The number of nitro benzene ring substituents is 1. The number of methoxy groups -OCH3 is 3. The first kappa shape index (κ1) is 26.9. The zero-order valence-corrected chi connectivity index (χ0v) is 20.9. The van der Waals surface area contributed by atoms with Crippen molar-refractivity contribution in [1.82, 2.24) is 9.78 Å². The van der Waals surface area contributed by atoms with E-state index in [4.69, 9.17) is 25.8 Å². The Bertz CT molecular complexity index is 1400. The van der Waals surface area contributed by atoms with Crippen LogP contribution in [0.4, 0.5) is 30.4 Å². The van der Waals surface area contributed by atoms with Gasteiger partial charge in [-0.2, -0.15) is 18.3 Å². The molecule has 38 heavy (non-hydrogen) atoms. The van der Waals surface area contributed by atoms with E-state index >= 15 is 0 Å². The third-order valence-electron chi connectivity index (χ3n) is 5.92. The summed E-state index contributed by atoms with van der Waals surface area (Å²) >= 11 is 6.37. The summed E-state index contributed by atoms with van der Waals surface area (Å²) < 4.78 is 58.4. The number of amides is 1. The lowest BCUT2D eigenvalue weighted by Gasteiger charge is -2.33. The quantitative estimate of drug-likeness (QED) is 0.293. The standard InChI is InChI=1S/C23H21ClF3N5O6/c1-36-14-8-12(7-13(9-14)32(34)35)28-22(33)20-19(24)21-29-15(10-18(23(25,26)27)31(21)30-20)11-4-5-16(37-2)17(6-11)38-3/h4-9,15,18,29H,10H2,1-3H3,(H,28,33)/t15-,18+/m1/s1. The molecule has 0 unspecified atom stereocenters. The van der Waals surface area contributed by atoms with Crippen molar-refractivity contribution in [3.63, 3.8) is 0 Å². The molecular formula is C23H21ClF3N5O6. The Balaban J connectivity index is 1.70. The van der Waals surface area contributed by atoms with Gasteiger partial charge in [-0.15, -0.1) is 0 Å². The lowest BCUT2D eigenvalue weighted by atomic mass is 9.96. The first-order chi connectivity index (χ1) is 18.0. The first-order valence-corrected chi connectivity index (χ1v) is 11.3. The van der Waals surface area contributed by atoms with Gasteiger partial charge in [0.2, 0.25) is 0 Å². The van der Waals surface area contributed by atoms with Crippen molar-refractivity contribution in [3.8, 4) is 17.2 Å². The van der Waals surface area contributed by atoms with E-state index in [1.165, 1.54) is 27.4 Å². The van der Waals surface area contributed by atoms with Crippen molar-refractivity contribution in [2.75, 3.05) is 32.0 Å². The van der Waals surface area contributed by atoms with Crippen molar-refractivity contribution < 1.29 is 37.1 Å². The summed E-state index contributed by atoms with van der Waals surface area (Å²) in [4.78, 5) is 23.5. The molecule has 1 aromatic heterocycles. The molecule has 11 nitrogen and oxygen atoms in total. The van der Waals surface area contributed by atoms with E-state index in [1.807, 2.05) is 0 Å². The molecule has 0 aliphatic carbocycles. The molecule has 0 fully saturated rings. The number of anilines is 2. The first-order valence-electron chi connectivity index (χ1n) is 10.9. The highest BCUT2D eigenvalue weighted by Crippen LogP contribution is 2.47. The van der Waals surface area contributed by atoms with E-state index in [-0.39, 0.29) is 28.0 Å². The maximum atomic E-state index is 14.1. The van der Waals surface area contributed by atoms with Gasteiger partial charge < -0.3 is 24.8 Å². The molecule has 15 heteroatoms. The minimum Gasteiger partial charge on any atom is -0.496 e. The van der Waals surface area contributed by atoms with Crippen LogP contribution in [0.25, 0.3) is 0 Å². The number of nitrogens with one attached hydrogen (secondary N) is 2. The van der Waals surface area contributed by atoms with Gasteiger partial charge in [0.25, 0.3) is 11.6 Å². The second-order valence-corrected chi connectivity index (χ2v) is 8.57. The topological polar surface area (TPSA) is 130 Å². The SMILES string of the molecule is COc1cc(NC(=O)c2nn3c(c2Cl)N[C@@H](c2ccc(OC)c(OC)c2)C[C@H]3C(F)(F)F)cc([N+](=O)[O-])c1. The molecule has 0 bridgehead atoms. The Morgan fingerprint density at radius 3 is 2.47 bits per heavy atom. The van der Waals surface area contributed by atoms with E-state index in [9.17, 15) is 28.1 Å². The third kappa shape index (κ3) is 5.11. The fraction of sp³-hybridized carbons (Fsp3) is 0.304. The molecule has 0 saturated heterocycles. The highest BCUT2D eigenvalue weighted by atomic mass is 35.5. The number of benzene rings is 2. The van der Waals surface area contributed by atoms with E-state index in [0.29, 0.717) is 21.7 Å². The molecule has 1 aliphatic rings. The van der Waals surface area contributed by atoms with Crippen LogP contribution >= 0.6 is 11.6 Å². The number of aromatic nitrogens is 2. The molecule has 1 aliphatic heterocycles. The minimum absolute atomic E-state index is 0.0355. The number of nitrogens with zero attached hydrogens (tertiary/aromatic N) is 3. The average Bonchev–Trinajstić information content (AvgIpc) is 3.23. The maximum absolute atomic E-state index is 14.1. The number of carbonyl (C=O) groups excluding carboxylic acids is 1. The van der Waals surface area contributed by atoms with Gasteiger partial charge in [0, 0.05) is 18.6 Å². The summed E-state index contributed by atoms with van der Waals surface area (Å²) in [6, 6.07) is 5.26. The fourth-order valence-electron chi connectivity index (χ4n) is 4.09. The monoisotopic (exact) mass is 555 g/mol. The number of alkyl halides is 3. The van der Waals surface area contributed by atoms with Crippen LogP contribution in [-0.4, -0.2) is 48.1 Å². The zero-order chi connectivity index (χ0) is 27.8. The van der Waals surface area contributed by atoms with Crippen LogP contribution in [0.3, 0.4) is 0 Å². The van der Waals surface area contributed by atoms with E-state index in [1.54, 1.807) is 18.2 Å². The molecule has 2 N–H and O–H groups in total. The molecule has 2 heterocycles. The zero-order valence-electron chi connectivity index (χ0n) is 20.1.